The molecule has 0 atom stereocenters. The summed E-state index contributed by atoms with van der Waals surface area (Å²) >= 11 is 0. The predicted octanol–water partition coefficient (Wildman–Crippen LogP) is 13.2. The first-order valence-electron chi connectivity index (χ1n) is 20.7. The van der Waals surface area contributed by atoms with Crippen molar-refractivity contribution in [2.45, 2.75) is 0 Å². The molecule has 0 unspecified atom stereocenters. The third-order valence-corrected chi connectivity index (χ3v) is 11.6. The molecule has 7 nitrogen and oxygen atoms in total. The van der Waals surface area contributed by atoms with Crippen molar-refractivity contribution >= 4 is 43.6 Å². The molecule has 0 N–H and O–H groups in total. The maximum absolute atomic E-state index is 5.45. The first kappa shape index (κ1) is 35.4. The van der Waals surface area contributed by atoms with Gasteiger partial charge in [-0.3, -0.25) is 9.13 Å². The van der Waals surface area contributed by atoms with Gasteiger partial charge in [-0.15, -0.1) is 0 Å². The topological polar surface area (TPSA) is 74.3 Å². The molecular formula is C55H35N7. The largest absolute Gasteiger partial charge is 0.293 e. The zero-order chi connectivity index (χ0) is 41.0. The second kappa shape index (κ2) is 14.6. The summed E-state index contributed by atoms with van der Waals surface area (Å²) in [7, 11) is 0. The molecule has 0 radical (unpaired) electrons. The molecule has 0 fully saturated rings. The fourth-order valence-electron chi connectivity index (χ4n) is 8.84. The Balaban J connectivity index is 1.13. The quantitative estimate of drug-likeness (QED) is 0.161. The van der Waals surface area contributed by atoms with Gasteiger partial charge in [0, 0.05) is 49.4 Å². The van der Waals surface area contributed by atoms with E-state index in [9.17, 15) is 0 Å². The molecular weight excluding hydrogens is 759 g/mol. The summed E-state index contributed by atoms with van der Waals surface area (Å²) < 4.78 is 4.50. The summed E-state index contributed by atoms with van der Waals surface area (Å²) in [6, 6.07) is 73.0. The minimum atomic E-state index is 0.562. The molecule has 62 heavy (non-hydrogen) atoms. The van der Waals surface area contributed by atoms with Crippen LogP contribution in [-0.2, 0) is 0 Å². The fourth-order valence-corrected chi connectivity index (χ4v) is 8.84. The second-order valence-electron chi connectivity index (χ2n) is 15.3. The van der Waals surface area contributed by atoms with E-state index in [-0.39, 0.29) is 0 Å². The molecule has 0 saturated heterocycles. The number of nitrogens with zero attached hydrogens (tertiary/aromatic N) is 7. The SMILES string of the molecule is c1ccc(-c2cccc(-n3c4ccccc4c4cccc(-c5nc(-c6ccccc6)nc(-c6cccc7c8ccccc8n(-c8cccc(-c9ccccc9)n8)c67)n5)c43)n2)cc1. The van der Waals surface area contributed by atoms with Gasteiger partial charge >= 0.3 is 0 Å². The number of fused-ring (bicyclic) bond motifs is 6. The van der Waals surface area contributed by atoms with Gasteiger partial charge in [-0.1, -0.05) is 164 Å². The molecule has 7 aromatic carbocycles. The van der Waals surface area contributed by atoms with E-state index in [1.807, 2.05) is 54.6 Å². The summed E-state index contributed by atoms with van der Waals surface area (Å²) in [5, 5.41) is 4.40. The maximum Gasteiger partial charge on any atom is 0.166 e. The lowest BCUT2D eigenvalue weighted by molar-refractivity contribution is 1.05. The summed E-state index contributed by atoms with van der Waals surface area (Å²) in [5.74, 6) is 3.32. The van der Waals surface area contributed by atoms with Crippen LogP contribution in [0.15, 0.2) is 212 Å². The van der Waals surface area contributed by atoms with E-state index >= 15 is 0 Å². The van der Waals surface area contributed by atoms with E-state index in [0.29, 0.717) is 17.5 Å². The third kappa shape index (κ3) is 5.86. The third-order valence-electron chi connectivity index (χ3n) is 11.6. The minimum Gasteiger partial charge on any atom is -0.293 e. The highest BCUT2D eigenvalue weighted by Gasteiger charge is 2.23. The summed E-state index contributed by atoms with van der Waals surface area (Å²) in [5.41, 5.74) is 10.6. The van der Waals surface area contributed by atoms with Gasteiger partial charge in [-0.25, -0.2) is 24.9 Å². The average Bonchev–Trinajstić information content (AvgIpc) is 3.88. The Kier molecular flexibility index (Phi) is 8.35. The lowest BCUT2D eigenvalue weighted by atomic mass is 10.1. The first-order chi connectivity index (χ1) is 30.8. The number of para-hydroxylation sites is 4. The van der Waals surface area contributed by atoms with Crippen molar-refractivity contribution in [2.24, 2.45) is 0 Å². The van der Waals surface area contributed by atoms with Gasteiger partial charge in [0.05, 0.1) is 33.5 Å². The van der Waals surface area contributed by atoms with Crippen LogP contribution in [0, 0.1) is 0 Å². The number of pyridine rings is 2. The number of hydrogen-bond acceptors (Lipinski definition) is 5. The van der Waals surface area contributed by atoms with Crippen LogP contribution in [0.1, 0.15) is 0 Å². The number of hydrogen-bond donors (Lipinski definition) is 0. The van der Waals surface area contributed by atoms with Crippen molar-refractivity contribution in [3.63, 3.8) is 0 Å². The van der Waals surface area contributed by atoms with Crippen molar-refractivity contribution in [3.05, 3.63) is 212 Å². The smallest absolute Gasteiger partial charge is 0.166 e. The lowest BCUT2D eigenvalue weighted by Crippen LogP contribution is -2.04. The molecule has 5 aromatic heterocycles. The zero-order valence-corrected chi connectivity index (χ0v) is 33.3. The predicted molar refractivity (Wildman–Crippen MR) is 251 cm³/mol. The van der Waals surface area contributed by atoms with Crippen LogP contribution < -0.4 is 0 Å². The lowest BCUT2D eigenvalue weighted by Gasteiger charge is -2.14. The van der Waals surface area contributed by atoms with Crippen LogP contribution >= 0.6 is 0 Å². The average molecular weight is 794 g/mol. The molecule has 0 aliphatic carbocycles. The summed E-state index contributed by atoms with van der Waals surface area (Å²) in [4.78, 5) is 26.6. The second-order valence-corrected chi connectivity index (χ2v) is 15.3. The van der Waals surface area contributed by atoms with Crippen molar-refractivity contribution in [1.29, 1.82) is 0 Å². The Morgan fingerprint density at radius 3 is 1.10 bits per heavy atom. The molecule has 0 bridgehead atoms. The number of aromatic nitrogens is 7. The molecule has 0 aliphatic rings. The van der Waals surface area contributed by atoms with Crippen LogP contribution in [0.5, 0.6) is 0 Å². The number of benzene rings is 7. The molecule has 5 heterocycles. The van der Waals surface area contributed by atoms with Crippen molar-refractivity contribution in [1.82, 2.24) is 34.1 Å². The first-order valence-corrected chi connectivity index (χ1v) is 20.7. The monoisotopic (exact) mass is 793 g/mol. The van der Waals surface area contributed by atoms with Crippen LogP contribution in [-0.4, -0.2) is 34.1 Å². The Bertz CT molecular complexity index is 3410. The highest BCUT2D eigenvalue weighted by atomic mass is 15.1. The zero-order valence-electron chi connectivity index (χ0n) is 33.3. The highest BCUT2D eigenvalue weighted by Crippen LogP contribution is 2.41. The molecule has 0 spiro atoms. The standard InChI is InChI=1S/C55H35N7/c1-4-18-36(19-5-1)45-30-16-34-49(56-45)61-47-32-12-10-24-39(47)41-26-14-28-43(51(41)61)54-58-53(38-22-8-3-9-23-38)59-55(60-54)44-29-15-27-42-40-25-11-13-33-48(40)62(52(42)44)50-35-17-31-46(57-50)37-20-6-2-7-21-37/h1-35H. The van der Waals surface area contributed by atoms with Gasteiger partial charge in [0.2, 0.25) is 0 Å². The van der Waals surface area contributed by atoms with E-state index in [2.05, 4.69) is 167 Å². The Labute approximate surface area is 356 Å². The van der Waals surface area contributed by atoms with Gasteiger partial charge in [0.15, 0.2) is 17.5 Å². The van der Waals surface area contributed by atoms with Crippen LogP contribution in [0.3, 0.4) is 0 Å². The van der Waals surface area contributed by atoms with Crippen molar-refractivity contribution in [2.75, 3.05) is 0 Å². The van der Waals surface area contributed by atoms with Crippen LogP contribution in [0.25, 0.3) is 112 Å². The Hall–Kier alpha value is -8.55. The Morgan fingerprint density at radius 1 is 0.258 bits per heavy atom. The van der Waals surface area contributed by atoms with E-state index in [0.717, 1.165) is 94.5 Å². The minimum absolute atomic E-state index is 0.562. The Morgan fingerprint density at radius 2 is 0.629 bits per heavy atom. The van der Waals surface area contributed by atoms with Gasteiger partial charge in [-0.05, 0) is 48.5 Å². The molecule has 0 saturated carbocycles. The molecule has 7 heteroatoms. The number of rotatable bonds is 7. The maximum atomic E-state index is 5.45. The molecule has 12 rings (SSSR count). The van der Waals surface area contributed by atoms with E-state index in [1.54, 1.807) is 0 Å². The molecule has 290 valence electrons. The van der Waals surface area contributed by atoms with Crippen molar-refractivity contribution in [3.8, 4) is 68.3 Å². The van der Waals surface area contributed by atoms with E-state index in [4.69, 9.17) is 24.9 Å². The van der Waals surface area contributed by atoms with E-state index < -0.39 is 0 Å². The van der Waals surface area contributed by atoms with Gasteiger partial charge < -0.3 is 0 Å². The van der Waals surface area contributed by atoms with Gasteiger partial charge in [0.1, 0.15) is 11.6 Å². The van der Waals surface area contributed by atoms with E-state index in [1.165, 1.54) is 0 Å². The normalized spacial score (nSPS) is 11.5. The van der Waals surface area contributed by atoms with Crippen LogP contribution in [0.4, 0.5) is 0 Å². The van der Waals surface area contributed by atoms with Crippen molar-refractivity contribution < 1.29 is 0 Å². The summed E-state index contributed by atoms with van der Waals surface area (Å²) in [6.45, 7) is 0. The molecule has 0 aliphatic heterocycles. The molecule has 12 aromatic rings. The van der Waals surface area contributed by atoms with Gasteiger partial charge in [-0.2, -0.15) is 0 Å². The van der Waals surface area contributed by atoms with Gasteiger partial charge in [0.25, 0.3) is 0 Å². The summed E-state index contributed by atoms with van der Waals surface area (Å²) in [6.07, 6.45) is 0. The highest BCUT2D eigenvalue weighted by molar-refractivity contribution is 6.14. The van der Waals surface area contributed by atoms with Crippen LogP contribution in [0.2, 0.25) is 0 Å². The molecule has 0 amide bonds. The fraction of sp³-hybridized carbons (Fsp3) is 0.